The maximum absolute atomic E-state index is 12.7. The van der Waals surface area contributed by atoms with E-state index in [9.17, 15) is 18.3 Å². The highest BCUT2D eigenvalue weighted by Gasteiger charge is 2.34. The van der Waals surface area contributed by atoms with Crippen LogP contribution in [-0.4, -0.2) is 31.4 Å². The molecule has 0 bridgehead atoms. The number of ether oxygens (including phenoxy) is 1. The van der Waals surface area contributed by atoms with Crippen LogP contribution in [0.15, 0.2) is 36.4 Å². The van der Waals surface area contributed by atoms with Gasteiger partial charge in [-0.1, -0.05) is 36.4 Å². The van der Waals surface area contributed by atoms with Gasteiger partial charge in [-0.3, -0.25) is 4.72 Å². The molecule has 0 aliphatic carbocycles. The van der Waals surface area contributed by atoms with Crippen molar-refractivity contribution in [2.75, 3.05) is 11.0 Å². The summed E-state index contributed by atoms with van der Waals surface area (Å²) < 4.78 is 34.0. The number of sulfonamides is 1. The zero-order valence-electron chi connectivity index (χ0n) is 24.0. The second-order valence-corrected chi connectivity index (χ2v) is 13.0. The van der Waals surface area contributed by atoms with Crippen LogP contribution in [-0.2, 0) is 19.6 Å². The Labute approximate surface area is 227 Å². The van der Waals surface area contributed by atoms with E-state index < -0.39 is 27.7 Å². The lowest BCUT2D eigenvalue weighted by molar-refractivity contribution is -0.160. The quantitative estimate of drug-likeness (QED) is 0.333. The molecule has 0 fully saturated rings. The zero-order valence-corrected chi connectivity index (χ0v) is 24.8. The molecule has 6 nitrogen and oxygen atoms in total. The second kappa shape index (κ2) is 10.5. The fraction of sp³-hybridized carbons (Fsp3) is 0.387. The topological polar surface area (TPSA) is 92.7 Å². The van der Waals surface area contributed by atoms with Gasteiger partial charge in [0, 0.05) is 11.1 Å². The minimum absolute atomic E-state index is 0.361. The van der Waals surface area contributed by atoms with Crippen LogP contribution in [0.4, 0.5) is 5.69 Å². The van der Waals surface area contributed by atoms with Crippen LogP contribution < -0.4 is 4.72 Å². The van der Waals surface area contributed by atoms with Crippen LogP contribution in [0.1, 0.15) is 65.8 Å². The normalized spacial score (nSPS) is 12.9. The second-order valence-electron chi connectivity index (χ2n) is 11.2. The maximum Gasteiger partial charge on any atom is 0.337 e. The molecule has 0 saturated carbocycles. The van der Waals surface area contributed by atoms with Crippen LogP contribution in [0.5, 0.6) is 0 Å². The van der Waals surface area contributed by atoms with Crippen molar-refractivity contribution in [2.24, 2.45) is 0 Å². The Hall–Kier alpha value is -3.16. The van der Waals surface area contributed by atoms with E-state index in [1.165, 1.54) is 0 Å². The number of carbonyl (C=O) groups is 1. The van der Waals surface area contributed by atoms with E-state index in [2.05, 4.69) is 4.72 Å². The van der Waals surface area contributed by atoms with Crippen LogP contribution in [0.3, 0.4) is 0 Å². The summed E-state index contributed by atoms with van der Waals surface area (Å²) in [6.45, 7) is 17.2. The number of aryl methyl sites for hydroxylation is 4. The molecule has 0 amide bonds. The van der Waals surface area contributed by atoms with E-state index in [4.69, 9.17) is 4.74 Å². The van der Waals surface area contributed by atoms with E-state index in [0.29, 0.717) is 22.4 Å². The maximum atomic E-state index is 12.7. The Morgan fingerprint density at radius 2 is 1.29 bits per heavy atom. The lowest BCUT2D eigenvalue weighted by atomic mass is 9.81. The Morgan fingerprint density at radius 3 is 1.68 bits per heavy atom. The lowest BCUT2D eigenvalue weighted by Crippen LogP contribution is -2.29. The molecule has 0 saturated heterocycles. The van der Waals surface area contributed by atoms with Gasteiger partial charge in [0.2, 0.25) is 10.0 Å². The summed E-state index contributed by atoms with van der Waals surface area (Å²) in [4.78, 5) is 12.7. The largest absolute Gasteiger partial charge is 0.479 e. The van der Waals surface area contributed by atoms with Gasteiger partial charge in [0.25, 0.3) is 0 Å². The van der Waals surface area contributed by atoms with Gasteiger partial charge in [0.05, 0.1) is 17.5 Å². The van der Waals surface area contributed by atoms with Gasteiger partial charge < -0.3 is 9.84 Å². The molecule has 38 heavy (non-hydrogen) atoms. The Morgan fingerprint density at radius 1 is 0.816 bits per heavy atom. The molecule has 0 heterocycles. The van der Waals surface area contributed by atoms with Gasteiger partial charge >= 0.3 is 5.97 Å². The number of hydrogen-bond acceptors (Lipinski definition) is 4. The number of hydrogen-bond donors (Lipinski definition) is 2. The highest BCUT2D eigenvalue weighted by atomic mass is 32.2. The van der Waals surface area contributed by atoms with E-state index in [-0.39, 0.29) is 0 Å². The molecular weight excluding hydrogens is 498 g/mol. The smallest absolute Gasteiger partial charge is 0.337 e. The molecule has 3 rings (SSSR count). The number of benzene rings is 3. The molecule has 1 atom stereocenters. The fourth-order valence-corrected chi connectivity index (χ4v) is 5.40. The highest BCUT2D eigenvalue weighted by Crippen LogP contribution is 2.47. The fourth-order valence-electron chi connectivity index (χ4n) is 4.78. The van der Waals surface area contributed by atoms with Crippen LogP contribution >= 0.6 is 0 Å². The van der Waals surface area contributed by atoms with Gasteiger partial charge in [-0.2, -0.15) is 0 Å². The highest BCUT2D eigenvalue weighted by molar-refractivity contribution is 7.92. The summed E-state index contributed by atoms with van der Waals surface area (Å²) >= 11 is 0. The molecule has 0 aromatic heterocycles. The van der Waals surface area contributed by atoms with Gasteiger partial charge in [-0.05, 0) is 112 Å². The van der Waals surface area contributed by atoms with Crippen molar-refractivity contribution in [3.63, 3.8) is 0 Å². The summed E-state index contributed by atoms with van der Waals surface area (Å²) in [6.07, 6.45) is -0.220. The number of rotatable bonds is 7. The monoisotopic (exact) mass is 537 g/mol. The van der Waals surface area contributed by atoms with E-state index in [1.54, 1.807) is 27.7 Å². The molecule has 0 radical (unpaired) electrons. The number of anilines is 1. The molecule has 3 aromatic carbocycles. The first kappa shape index (κ1) is 29.4. The van der Waals surface area contributed by atoms with E-state index in [1.807, 2.05) is 71.0 Å². The summed E-state index contributed by atoms with van der Waals surface area (Å²) in [5.74, 6) is -1.14. The SMILES string of the molecule is Cc1ccc(-c2c(C)c(-c3ccc(C)c(C)c3)c(C(OC(C)(C)C)C(=O)O)c(C)c2NS(C)(=O)=O)cc1C. The van der Waals surface area contributed by atoms with Crippen molar-refractivity contribution in [2.45, 2.75) is 74.0 Å². The number of aliphatic carboxylic acids is 1. The molecule has 7 heteroatoms. The third-order valence-electron chi connectivity index (χ3n) is 6.88. The van der Waals surface area contributed by atoms with Crippen LogP contribution in [0.25, 0.3) is 22.3 Å². The number of carboxylic acids is 1. The number of nitrogens with one attached hydrogen (secondary N) is 1. The molecule has 204 valence electrons. The summed E-state index contributed by atoms with van der Waals surface area (Å²) in [5, 5.41) is 10.4. The average Bonchev–Trinajstić information content (AvgIpc) is 2.77. The van der Waals surface area contributed by atoms with E-state index >= 15 is 0 Å². The summed E-state index contributed by atoms with van der Waals surface area (Å²) in [6, 6.07) is 12.1. The predicted octanol–water partition coefficient (Wildman–Crippen LogP) is 7.18. The van der Waals surface area contributed by atoms with Gasteiger partial charge in [0.15, 0.2) is 6.10 Å². The van der Waals surface area contributed by atoms with Crippen molar-refractivity contribution in [3.8, 4) is 22.3 Å². The Balaban J connectivity index is 2.59. The van der Waals surface area contributed by atoms with Gasteiger partial charge in [-0.15, -0.1) is 0 Å². The van der Waals surface area contributed by atoms with Gasteiger partial charge in [0.1, 0.15) is 0 Å². The summed E-state index contributed by atoms with van der Waals surface area (Å²) in [5.41, 5.74) is 8.84. The molecule has 1 unspecified atom stereocenters. The molecule has 0 aliphatic rings. The Bertz CT molecular complexity index is 1510. The third-order valence-corrected chi connectivity index (χ3v) is 7.46. The predicted molar refractivity (Wildman–Crippen MR) is 155 cm³/mol. The molecule has 0 spiro atoms. The van der Waals surface area contributed by atoms with Gasteiger partial charge in [-0.25, -0.2) is 13.2 Å². The first-order valence-electron chi connectivity index (χ1n) is 12.6. The first-order valence-corrected chi connectivity index (χ1v) is 14.5. The molecule has 3 aromatic rings. The van der Waals surface area contributed by atoms with Crippen LogP contribution in [0.2, 0.25) is 0 Å². The first-order chi connectivity index (χ1) is 17.4. The van der Waals surface area contributed by atoms with Crippen molar-refractivity contribution in [3.05, 3.63) is 75.3 Å². The Kier molecular flexibility index (Phi) is 8.15. The minimum Gasteiger partial charge on any atom is -0.479 e. The van der Waals surface area contributed by atoms with E-state index in [0.717, 1.165) is 50.8 Å². The van der Waals surface area contributed by atoms with Crippen molar-refractivity contribution < 1.29 is 23.1 Å². The average molecular weight is 538 g/mol. The van der Waals surface area contributed by atoms with Crippen molar-refractivity contribution >= 4 is 21.7 Å². The standard InChI is InChI=1S/C31H39NO5S/c1-17-11-13-23(15-19(17)3)25-21(5)26(24-14-12-18(2)20(4)16-24)28(32-38(10,35)36)22(6)27(25)29(30(33)34)37-31(7,8)9/h11-16,29,32H,1-10H3,(H,33,34). The van der Waals surface area contributed by atoms with Crippen LogP contribution in [0, 0.1) is 41.5 Å². The van der Waals surface area contributed by atoms with Crippen molar-refractivity contribution in [1.82, 2.24) is 0 Å². The minimum atomic E-state index is -3.69. The summed E-state index contributed by atoms with van der Waals surface area (Å²) in [7, 11) is -3.69. The third kappa shape index (κ3) is 6.27. The zero-order chi connectivity index (χ0) is 28.7. The van der Waals surface area contributed by atoms with Crippen molar-refractivity contribution in [1.29, 1.82) is 0 Å². The molecule has 0 aliphatic heterocycles. The number of carboxylic acid groups (broad SMARTS) is 1. The lowest BCUT2D eigenvalue weighted by Gasteiger charge is -2.31. The molecular formula is C31H39NO5S. The molecule has 2 N–H and O–H groups in total.